The van der Waals surface area contributed by atoms with E-state index in [0.29, 0.717) is 11.6 Å². The lowest BCUT2D eigenvalue weighted by molar-refractivity contribution is -0.0165. The minimum atomic E-state index is -0.223. The van der Waals surface area contributed by atoms with Crippen molar-refractivity contribution in [1.82, 2.24) is 5.01 Å². The van der Waals surface area contributed by atoms with Gasteiger partial charge in [0.2, 0.25) is 6.23 Å². The second kappa shape index (κ2) is 7.15. The van der Waals surface area contributed by atoms with Crippen LogP contribution in [-0.2, 0) is 0 Å². The van der Waals surface area contributed by atoms with Gasteiger partial charge in [0.15, 0.2) is 0 Å². The maximum absolute atomic E-state index is 6.33. The Labute approximate surface area is 173 Å². The Hall–Kier alpha value is -2.50. The van der Waals surface area contributed by atoms with Crippen LogP contribution < -0.4 is 9.47 Å². The first-order chi connectivity index (χ1) is 13.7. The van der Waals surface area contributed by atoms with Gasteiger partial charge in [-0.05, 0) is 66.4 Å². The Morgan fingerprint density at radius 2 is 2.07 bits per heavy atom. The average molecular weight is 411 g/mol. The first-order valence-electron chi connectivity index (χ1n) is 9.31. The quantitative estimate of drug-likeness (QED) is 0.525. The molecule has 3 heterocycles. The van der Waals surface area contributed by atoms with E-state index in [1.54, 1.807) is 11.3 Å². The Balaban J connectivity index is 1.53. The van der Waals surface area contributed by atoms with E-state index in [-0.39, 0.29) is 12.3 Å². The molecule has 3 aromatic rings. The molecule has 0 spiro atoms. The Bertz CT molecular complexity index is 1020. The van der Waals surface area contributed by atoms with Crippen molar-refractivity contribution in [2.75, 3.05) is 6.61 Å². The molecule has 2 aromatic carbocycles. The van der Waals surface area contributed by atoms with Crippen molar-refractivity contribution < 1.29 is 9.47 Å². The van der Waals surface area contributed by atoms with Crippen LogP contribution in [0.4, 0.5) is 0 Å². The summed E-state index contributed by atoms with van der Waals surface area (Å²) in [6.45, 7) is 2.65. The van der Waals surface area contributed by atoms with E-state index in [1.807, 2.05) is 43.3 Å². The summed E-state index contributed by atoms with van der Waals surface area (Å²) in [7, 11) is 0. The van der Waals surface area contributed by atoms with Crippen molar-refractivity contribution in [1.29, 1.82) is 0 Å². The SMILES string of the molecule is CCOc1ccc(C2=NN3[C@H](C2)c2cc(Cl)ccc2O[C@H]3c2cccs2)cc1. The van der Waals surface area contributed by atoms with Crippen LogP contribution in [0.3, 0.4) is 0 Å². The number of nitrogens with zero attached hydrogens (tertiary/aromatic N) is 2. The molecule has 6 heteroatoms. The van der Waals surface area contributed by atoms with Crippen molar-refractivity contribution in [3.8, 4) is 11.5 Å². The number of rotatable bonds is 4. The zero-order valence-electron chi connectivity index (χ0n) is 15.3. The molecular weight excluding hydrogens is 392 g/mol. The van der Waals surface area contributed by atoms with Gasteiger partial charge in [0.05, 0.1) is 23.2 Å². The molecule has 5 rings (SSSR count). The van der Waals surface area contributed by atoms with Gasteiger partial charge in [-0.15, -0.1) is 11.3 Å². The number of benzene rings is 2. The smallest absolute Gasteiger partial charge is 0.222 e. The number of hydrogen-bond donors (Lipinski definition) is 0. The Kier molecular flexibility index (Phi) is 4.49. The minimum Gasteiger partial charge on any atom is -0.494 e. The topological polar surface area (TPSA) is 34.1 Å². The van der Waals surface area contributed by atoms with E-state index in [9.17, 15) is 0 Å². The van der Waals surface area contributed by atoms with Gasteiger partial charge in [0.1, 0.15) is 11.5 Å². The number of halogens is 1. The molecule has 0 amide bonds. The molecule has 0 bridgehead atoms. The highest BCUT2D eigenvalue weighted by Gasteiger charge is 2.41. The fraction of sp³-hybridized carbons (Fsp3) is 0.227. The summed E-state index contributed by atoms with van der Waals surface area (Å²) < 4.78 is 11.9. The number of thiophene rings is 1. The molecule has 0 radical (unpaired) electrons. The van der Waals surface area contributed by atoms with Gasteiger partial charge in [-0.2, -0.15) is 5.10 Å². The first-order valence-corrected chi connectivity index (χ1v) is 10.6. The summed E-state index contributed by atoms with van der Waals surface area (Å²) in [5.41, 5.74) is 3.24. The van der Waals surface area contributed by atoms with E-state index in [4.69, 9.17) is 26.2 Å². The molecule has 2 aliphatic heterocycles. The highest BCUT2D eigenvalue weighted by molar-refractivity contribution is 7.10. The van der Waals surface area contributed by atoms with E-state index in [1.165, 1.54) is 0 Å². The summed E-state index contributed by atoms with van der Waals surface area (Å²) in [6, 6.07) is 18.2. The van der Waals surface area contributed by atoms with E-state index >= 15 is 0 Å². The summed E-state index contributed by atoms with van der Waals surface area (Å²) in [5, 5.41) is 9.83. The highest BCUT2D eigenvalue weighted by atomic mass is 35.5. The van der Waals surface area contributed by atoms with Crippen LogP contribution in [0.25, 0.3) is 0 Å². The summed E-state index contributed by atoms with van der Waals surface area (Å²) >= 11 is 7.96. The summed E-state index contributed by atoms with van der Waals surface area (Å²) in [5.74, 6) is 1.76. The van der Waals surface area contributed by atoms with Gasteiger partial charge in [-0.1, -0.05) is 17.7 Å². The van der Waals surface area contributed by atoms with Crippen LogP contribution >= 0.6 is 22.9 Å². The second-order valence-corrected chi connectivity index (χ2v) is 8.19. The van der Waals surface area contributed by atoms with Gasteiger partial charge in [0, 0.05) is 17.0 Å². The minimum absolute atomic E-state index is 0.108. The van der Waals surface area contributed by atoms with Crippen LogP contribution in [-0.4, -0.2) is 17.3 Å². The van der Waals surface area contributed by atoms with Crippen LogP contribution in [0.15, 0.2) is 65.1 Å². The predicted octanol–water partition coefficient (Wildman–Crippen LogP) is 6.04. The molecule has 0 N–H and O–H groups in total. The number of hydrazone groups is 1. The summed E-state index contributed by atoms with van der Waals surface area (Å²) in [4.78, 5) is 1.14. The molecule has 0 saturated heterocycles. The lowest BCUT2D eigenvalue weighted by Crippen LogP contribution is -2.33. The zero-order valence-corrected chi connectivity index (χ0v) is 16.9. The van der Waals surface area contributed by atoms with Crippen molar-refractivity contribution >= 4 is 28.6 Å². The van der Waals surface area contributed by atoms with E-state index in [0.717, 1.165) is 39.6 Å². The van der Waals surface area contributed by atoms with Crippen molar-refractivity contribution in [2.24, 2.45) is 5.10 Å². The van der Waals surface area contributed by atoms with Gasteiger partial charge in [-0.25, -0.2) is 5.01 Å². The largest absolute Gasteiger partial charge is 0.494 e. The molecule has 0 saturated carbocycles. The third-order valence-corrected chi connectivity index (χ3v) is 6.18. The zero-order chi connectivity index (χ0) is 19.1. The van der Waals surface area contributed by atoms with Crippen molar-refractivity contribution in [3.63, 3.8) is 0 Å². The van der Waals surface area contributed by atoms with Crippen LogP contribution in [0.2, 0.25) is 5.02 Å². The Morgan fingerprint density at radius 1 is 1.21 bits per heavy atom. The maximum Gasteiger partial charge on any atom is 0.222 e. The predicted molar refractivity (Wildman–Crippen MR) is 112 cm³/mol. The summed E-state index contributed by atoms with van der Waals surface area (Å²) in [6.07, 6.45) is 0.589. The van der Waals surface area contributed by atoms with Gasteiger partial charge in [-0.3, -0.25) is 0 Å². The molecule has 2 aliphatic rings. The van der Waals surface area contributed by atoms with Gasteiger partial charge >= 0.3 is 0 Å². The molecule has 4 nitrogen and oxygen atoms in total. The molecule has 2 atom stereocenters. The maximum atomic E-state index is 6.33. The fourth-order valence-electron chi connectivity index (χ4n) is 3.76. The lowest BCUT2D eigenvalue weighted by atomic mass is 9.96. The van der Waals surface area contributed by atoms with Crippen LogP contribution in [0, 0.1) is 0 Å². The normalized spacial score (nSPS) is 20.2. The monoisotopic (exact) mass is 410 g/mol. The van der Waals surface area contributed by atoms with Crippen LogP contribution in [0.5, 0.6) is 11.5 Å². The standard InChI is InChI=1S/C22H19ClN2O2S/c1-2-26-16-8-5-14(6-9-16)18-13-19-17-12-15(23)7-10-20(17)27-22(25(19)24-18)21-4-3-11-28-21/h3-12,19,22H,2,13H2,1H3/t19-,22+/m1/s1. The van der Waals surface area contributed by atoms with Gasteiger partial charge in [0.25, 0.3) is 0 Å². The first kappa shape index (κ1) is 17.6. The van der Waals surface area contributed by atoms with E-state index in [2.05, 4.69) is 28.6 Å². The third kappa shape index (κ3) is 3.05. The number of fused-ring (bicyclic) bond motifs is 3. The van der Waals surface area contributed by atoms with Gasteiger partial charge < -0.3 is 9.47 Å². The van der Waals surface area contributed by atoms with E-state index < -0.39 is 0 Å². The molecule has 0 fully saturated rings. The highest BCUT2D eigenvalue weighted by Crippen LogP contribution is 2.48. The molecular formula is C22H19ClN2O2S. The third-order valence-electron chi connectivity index (χ3n) is 5.04. The number of ether oxygens (including phenoxy) is 2. The second-order valence-electron chi connectivity index (χ2n) is 6.77. The molecule has 0 unspecified atom stereocenters. The lowest BCUT2D eigenvalue weighted by Gasteiger charge is -2.37. The molecule has 28 heavy (non-hydrogen) atoms. The molecule has 0 aliphatic carbocycles. The molecule has 142 valence electrons. The average Bonchev–Trinajstić information content (AvgIpc) is 3.39. The number of hydrogen-bond acceptors (Lipinski definition) is 5. The Morgan fingerprint density at radius 3 is 2.82 bits per heavy atom. The van der Waals surface area contributed by atoms with Crippen molar-refractivity contribution in [3.05, 3.63) is 81.0 Å². The molecule has 1 aromatic heterocycles. The fourth-order valence-corrected chi connectivity index (χ4v) is 4.69. The van der Waals surface area contributed by atoms with Crippen molar-refractivity contribution in [2.45, 2.75) is 25.6 Å². The van der Waals surface area contributed by atoms with Crippen LogP contribution in [0.1, 0.15) is 41.6 Å².